The molecule has 2 aromatic rings. The van der Waals surface area contributed by atoms with E-state index in [0.717, 1.165) is 11.1 Å². The van der Waals surface area contributed by atoms with Crippen LogP contribution in [0.5, 0.6) is 5.75 Å². The number of hydrogen-bond acceptors (Lipinski definition) is 3. The van der Waals surface area contributed by atoms with Crippen LogP contribution in [0.4, 0.5) is 10.1 Å². The maximum absolute atomic E-state index is 13.6. The first-order valence-electron chi connectivity index (χ1n) is 7.97. The molecule has 132 valence electrons. The minimum Gasteiger partial charge on any atom is -0.494 e. The normalized spacial score (nSPS) is 10.3. The fourth-order valence-electron chi connectivity index (χ4n) is 2.45. The van der Waals surface area contributed by atoms with Crippen LogP contribution < -0.4 is 15.8 Å². The smallest absolute Gasteiger partial charge is 0.224 e. The number of hydrogen-bond donors (Lipinski definition) is 2. The molecule has 3 N–H and O–H groups in total. The second kappa shape index (κ2) is 8.82. The number of nitrogens with one attached hydrogen (secondary N) is 1. The Hall–Kier alpha value is -2.89. The number of halogens is 1. The molecule has 0 spiro atoms. The molecule has 2 rings (SSSR count). The fraction of sp³-hybridized carbons (Fsp3) is 0.263. The van der Waals surface area contributed by atoms with E-state index >= 15 is 0 Å². The van der Waals surface area contributed by atoms with Crippen LogP contribution in [-0.2, 0) is 22.4 Å². The molecule has 0 unspecified atom stereocenters. The number of anilines is 1. The maximum atomic E-state index is 13.6. The van der Waals surface area contributed by atoms with Crippen molar-refractivity contribution in [3.63, 3.8) is 0 Å². The van der Waals surface area contributed by atoms with E-state index in [4.69, 9.17) is 10.5 Å². The minimum atomic E-state index is -0.402. The van der Waals surface area contributed by atoms with Gasteiger partial charge in [0, 0.05) is 12.1 Å². The summed E-state index contributed by atoms with van der Waals surface area (Å²) in [4.78, 5) is 22.8. The third kappa shape index (κ3) is 5.91. The van der Waals surface area contributed by atoms with Crippen molar-refractivity contribution in [2.75, 3.05) is 12.4 Å². The van der Waals surface area contributed by atoms with E-state index in [9.17, 15) is 14.0 Å². The number of methoxy groups -OCH3 is 1. The Labute approximate surface area is 146 Å². The first-order valence-corrected chi connectivity index (χ1v) is 7.97. The predicted molar refractivity (Wildman–Crippen MR) is 93.9 cm³/mol. The molecule has 0 heterocycles. The van der Waals surface area contributed by atoms with Crippen LogP contribution in [0.1, 0.15) is 24.0 Å². The van der Waals surface area contributed by atoms with Gasteiger partial charge in [-0.25, -0.2) is 4.39 Å². The van der Waals surface area contributed by atoms with Crippen molar-refractivity contribution in [3.8, 4) is 5.75 Å². The van der Waals surface area contributed by atoms with Crippen molar-refractivity contribution in [1.82, 2.24) is 0 Å². The lowest BCUT2D eigenvalue weighted by Gasteiger charge is -2.07. The summed E-state index contributed by atoms with van der Waals surface area (Å²) < 4.78 is 18.5. The molecule has 2 aromatic carbocycles. The average Bonchev–Trinajstić information content (AvgIpc) is 2.56. The number of ether oxygens (including phenoxy) is 1. The van der Waals surface area contributed by atoms with Crippen LogP contribution in [0.2, 0.25) is 0 Å². The Balaban J connectivity index is 1.78. The van der Waals surface area contributed by atoms with Gasteiger partial charge < -0.3 is 15.8 Å². The summed E-state index contributed by atoms with van der Waals surface area (Å²) in [6, 6.07) is 11.8. The van der Waals surface area contributed by atoms with Crippen LogP contribution in [0.25, 0.3) is 0 Å². The van der Waals surface area contributed by atoms with Crippen LogP contribution in [-0.4, -0.2) is 18.9 Å². The molecule has 25 heavy (non-hydrogen) atoms. The number of carbonyl (C=O) groups is 2. The lowest BCUT2D eigenvalue weighted by atomic mass is 10.1. The number of benzene rings is 2. The molecule has 2 amide bonds. The first kappa shape index (κ1) is 18.4. The van der Waals surface area contributed by atoms with Gasteiger partial charge in [-0.2, -0.15) is 0 Å². The number of aryl methyl sites for hydroxylation is 1. The van der Waals surface area contributed by atoms with Gasteiger partial charge in [-0.1, -0.05) is 18.2 Å². The molecule has 0 saturated carbocycles. The van der Waals surface area contributed by atoms with E-state index in [1.54, 1.807) is 36.4 Å². The van der Waals surface area contributed by atoms with Crippen LogP contribution in [0.3, 0.4) is 0 Å². The topological polar surface area (TPSA) is 81.4 Å². The highest BCUT2D eigenvalue weighted by atomic mass is 19.1. The van der Waals surface area contributed by atoms with Crippen molar-refractivity contribution in [2.45, 2.75) is 25.7 Å². The van der Waals surface area contributed by atoms with Gasteiger partial charge in [0.2, 0.25) is 11.8 Å². The third-order valence-corrected chi connectivity index (χ3v) is 3.70. The van der Waals surface area contributed by atoms with Gasteiger partial charge in [-0.05, 0) is 48.2 Å². The molecular formula is C19H21FN2O3. The van der Waals surface area contributed by atoms with Crippen LogP contribution in [0.15, 0.2) is 42.5 Å². The van der Waals surface area contributed by atoms with Crippen LogP contribution in [0, 0.1) is 5.82 Å². The van der Waals surface area contributed by atoms with Gasteiger partial charge in [0.15, 0.2) is 11.6 Å². The summed E-state index contributed by atoms with van der Waals surface area (Å²) in [6.45, 7) is 0. The maximum Gasteiger partial charge on any atom is 0.224 e. The second-order valence-corrected chi connectivity index (χ2v) is 5.71. The molecule has 0 fully saturated rings. The Morgan fingerprint density at radius 2 is 1.80 bits per heavy atom. The third-order valence-electron chi connectivity index (χ3n) is 3.70. The number of primary amides is 1. The van der Waals surface area contributed by atoms with E-state index < -0.39 is 11.7 Å². The van der Waals surface area contributed by atoms with E-state index in [2.05, 4.69) is 5.32 Å². The van der Waals surface area contributed by atoms with Crippen molar-refractivity contribution >= 4 is 17.5 Å². The van der Waals surface area contributed by atoms with E-state index in [1.165, 1.54) is 13.2 Å². The highest BCUT2D eigenvalue weighted by Gasteiger charge is 2.06. The fourth-order valence-corrected chi connectivity index (χ4v) is 2.45. The molecule has 0 bridgehead atoms. The molecule has 5 nitrogen and oxygen atoms in total. The molecule has 0 aliphatic rings. The number of amides is 2. The lowest BCUT2D eigenvalue weighted by Crippen LogP contribution is -2.14. The number of carbonyl (C=O) groups excluding carboxylic acids is 2. The van der Waals surface area contributed by atoms with E-state index in [0.29, 0.717) is 24.9 Å². The molecule has 6 heteroatoms. The Morgan fingerprint density at radius 3 is 2.40 bits per heavy atom. The highest BCUT2D eigenvalue weighted by molar-refractivity contribution is 5.90. The number of nitrogens with two attached hydrogens (primary N) is 1. The zero-order chi connectivity index (χ0) is 18.2. The molecule has 0 aliphatic carbocycles. The van der Waals surface area contributed by atoms with Gasteiger partial charge in [0.05, 0.1) is 13.5 Å². The van der Waals surface area contributed by atoms with E-state index in [-0.39, 0.29) is 18.1 Å². The van der Waals surface area contributed by atoms with Gasteiger partial charge in [0.1, 0.15) is 0 Å². The number of rotatable bonds is 8. The van der Waals surface area contributed by atoms with Gasteiger partial charge in [0.25, 0.3) is 0 Å². The zero-order valence-electron chi connectivity index (χ0n) is 14.0. The Bertz CT molecular complexity index is 745. The van der Waals surface area contributed by atoms with E-state index in [1.807, 2.05) is 0 Å². The standard InChI is InChI=1S/C19H21FN2O3/c1-25-17-10-7-13(11-16(17)20)3-2-4-19(24)22-15-8-5-14(6-9-15)12-18(21)23/h5-11H,2-4,12H2,1H3,(H2,21,23)(H,22,24). The largest absolute Gasteiger partial charge is 0.494 e. The quantitative estimate of drug-likeness (QED) is 0.772. The summed E-state index contributed by atoms with van der Waals surface area (Å²) in [6.07, 6.45) is 1.71. The van der Waals surface area contributed by atoms with Gasteiger partial charge in [-0.3, -0.25) is 9.59 Å². The summed E-state index contributed by atoms with van der Waals surface area (Å²) in [5, 5.41) is 2.79. The molecule has 0 radical (unpaired) electrons. The lowest BCUT2D eigenvalue weighted by molar-refractivity contribution is -0.117. The summed E-state index contributed by atoms with van der Waals surface area (Å²) in [7, 11) is 1.42. The molecule has 0 saturated heterocycles. The average molecular weight is 344 g/mol. The first-order chi connectivity index (χ1) is 12.0. The molecule has 0 atom stereocenters. The summed E-state index contributed by atoms with van der Waals surface area (Å²) >= 11 is 0. The Morgan fingerprint density at radius 1 is 1.12 bits per heavy atom. The summed E-state index contributed by atoms with van der Waals surface area (Å²) in [5.74, 6) is -0.704. The second-order valence-electron chi connectivity index (χ2n) is 5.71. The monoisotopic (exact) mass is 344 g/mol. The van der Waals surface area contributed by atoms with Crippen molar-refractivity contribution in [2.24, 2.45) is 5.73 Å². The van der Waals surface area contributed by atoms with Crippen molar-refractivity contribution in [1.29, 1.82) is 0 Å². The molecule has 0 aliphatic heterocycles. The highest BCUT2D eigenvalue weighted by Crippen LogP contribution is 2.19. The van der Waals surface area contributed by atoms with Gasteiger partial charge >= 0.3 is 0 Å². The minimum absolute atomic E-state index is 0.114. The van der Waals surface area contributed by atoms with Crippen molar-refractivity contribution in [3.05, 3.63) is 59.4 Å². The SMILES string of the molecule is COc1ccc(CCCC(=O)Nc2ccc(CC(N)=O)cc2)cc1F. The summed E-state index contributed by atoms with van der Waals surface area (Å²) in [5.41, 5.74) is 7.41. The molecule has 0 aromatic heterocycles. The van der Waals surface area contributed by atoms with Gasteiger partial charge in [-0.15, -0.1) is 0 Å². The zero-order valence-corrected chi connectivity index (χ0v) is 14.0. The predicted octanol–water partition coefficient (Wildman–Crippen LogP) is 2.82. The van der Waals surface area contributed by atoms with Crippen LogP contribution >= 0.6 is 0 Å². The van der Waals surface area contributed by atoms with Crippen molar-refractivity contribution < 1.29 is 18.7 Å². The Kier molecular flexibility index (Phi) is 6.51. The molecular weight excluding hydrogens is 323 g/mol.